The lowest BCUT2D eigenvalue weighted by Crippen LogP contribution is -2.60. The Kier molecular flexibility index (Phi) is 3.81. The van der Waals surface area contributed by atoms with E-state index in [0.29, 0.717) is 10.5 Å². The van der Waals surface area contributed by atoms with E-state index in [9.17, 15) is 9.50 Å². The van der Waals surface area contributed by atoms with E-state index in [1.54, 1.807) is 12.1 Å². The molecular formula is C14H19BrFNO. The van der Waals surface area contributed by atoms with Crippen LogP contribution in [-0.4, -0.2) is 17.3 Å². The molecule has 0 amide bonds. The van der Waals surface area contributed by atoms with Gasteiger partial charge in [0.2, 0.25) is 0 Å². The predicted octanol–water partition coefficient (Wildman–Crippen LogP) is 3.40. The topological polar surface area (TPSA) is 32.3 Å². The molecular weight excluding hydrogens is 297 g/mol. The van der Waals surface area contributed by atoms with Gasteiger partial charge in [0, 0.05) is 17.5 Å². The minimum absolute atomic E-state index is 0.0917. The van der Waals surface area contributed by atoms with Gasteiger partial charge >= 0.3 is 0 Å². The smallest absolute Gasteiger partial charge is 0.137 e. The quantitative estimate of drug-likeness (QED) is 0.896. The normalized spacial score (nSPS) is 27.7. The first-order valence-electron chi connectivity index (χ1n) is 6.21. The molecule has 0 aliphatic heterocycles. The van der Waals surface area contributed by atoms with Crippen LogP contribution in [0.2, 0.25) is 0 Å². The fourth-order valence-electron chi connectivity index (χ4n) is 2.37. The first-order chi connectivity index (χ1) is 8.32. The standard InChI is InChI=1S/C14H19BrFNO/c1-8(9-4-5-11(16)10(15)6-9)17-12-7-13(18)14(12,2)3/h4-6,8,12-13,17-18H,7H2,1-3H3. The maximum absolute atomic E-state index is 13.2. The highest BCUT2D eigenvalue weighted by Gasteiger charge is 2.47. The van der Waals surface area contributed by atoms with Gasteiger partial charge in [0.05, 0.1) is 10.6 Å². The Morgan fingerprint density at radius 1 is 1.50 bits per heavy atom. The maximum atomic E-state index is 13.2. The molecule has 3 atom stereocenters. The third-order valence-corrected chi connectivity index (χ3v) is 4.72. The molecule has 2 rings (SSSR count). The fourth-order valence-corrected chi connectivity index (χ4v) is 2.76. The second-order valence-corrected chi connectivity index (χ2v) is 6.54. The minimum atomic E-state index is -0.245. The van der Waals surface area contributed by atoms with Gasteiger partial charge in [0.15, 0.2) is 0 Å². The first kappa shape index (κ1) is 14.0. The molecule has 1 aliphatic rings. The summed E-state index contributed by atoms with van der Waals surface area (Å²) in [5, 5.41) is 13.2. The number of halogens is 2. The summed E-state index contributed by atoms with van der Waals surface area (Å²) in [6, 6.07) is 5.50. The van der Waals surface area contributed by atoms with Crippen molar-refractivity contribution in [2.75, 3.05) is 0 Å². The number of benzene rings is 1. The lowest BCUT2D eigenvalue weighted by Gasteiger charge is -2.50. The maximum Gasteiger partial charge on any atom is 0.137 e. The zero-order chi connectivity index (χ0) is 13.5. The zero-order valence-electron chi connectivity index (χ0n) is 10.9. The van der Waals surface area contributed by atoms with Crippen molar-refractivity contribution in [3.8, 4) is 0 Å². The highest BCUT2D eigenvalue weighted by Crippen LogP contribution is 2.41. The Morgan fingerprint density at radius 3 is 2.67 bits per heavy atom. The molecule has 3 unspecified atom stereocenters. The second-order valence-electron chi connectivity index (χ2n) is 5.69. The van der Waals surface area contributed by atoms with E-state index in [4.69, 9.17) is 0 Å². The van der Waals surface area contributed by atoms with Crippen LogP contribution in [0, 0.1) is 11.2 Å². The molecule has 0 bridgehead atoms. The third kappa shape index (κ3) is 2.46. The van der Waals surface area contributed by atoms with Gasteiger partial charge in [-0.1, -0.05) is 19.9 Å². The molecule has 0 aromatic heterocycles. The monoisotopic (exact) mass is 315 g/mol. The average Bonchev–Trinajstić information content (AvgIpc) is 2.32. The minimum Gasteiger partial charge on any atom is -0.392 e. The van der Waals surface area contributed by atoms with E-state index >= 15 is 0 Å². The summed E-state index contributed by atoms with van der Waals surface area (Å²) in [7, 11) is 0. The highest BCUT2D eigenvalue weighted by molar-refractivity contribution is 9.10. The van der Waals surface area contributed by atoms with Gasteiger partial charge in [-0.25, -0.2) is 4.39 Å². The Hall–Kier alpha value is -0.450. The number of nitrogens with one attached hydrogen (secondary N) is 1. The van der Waals surface area contributed by atoms with Gasteiger partial charge in [-0.2, -0.15) is 0 Å². The van der Waals surface area contributed by atoms with Crippen LogP contribution in [0.5, 0.6) is 0 Å². The van der Waals surface area contributed by atoms with E-state index < -0.39 is 0 Å². The lowest BCUT2D eigenvalue weighted by molar-refractivity contribution is -0.0754. The van der Waals surface area contributed by atoms with Crippen LogP contribution < -0.4 is 5.32 Å². The van der Waals surface area contributed by atoms with E-state index in [-0.39, 0.29) is 23.4 Å². The van der Waals surface area contributed by atoms with Gasteiger partial charge < -0.3 is 10.4 Å². The van der Waals surface area contributed by atoms with Crippen LogP contribution in [-0.2, 0) is 0 Å². The highest BCUT2D eigenvalue weighted by atomic mass is 79.9. The van der Waals surface area contributed by atoms with E-state index in [1.807, 2.05) is 0 Å². The van der Waals surface area contributed by atoms with Crippen LogP contribution in [0.15, 0.2) is 22.7 Å². The van der Waals surface area contributed by atoms with Crippen molar-refractivity contribution in [2.45, 2.75) is 45.4 Å². The molecule has 0 spiro atoms. The van der Waals surface area contributed by atoms with E-state index in [2.05, 4.69) is 42.0 Å². The fraction of sp³-hybridized carbons (Fsp3) is 0.571. The SMILES string of the molecule is CC(NC1CC(O)C1(C)C)c1ccc(F)c(Br)c1. The number of aliphatic hydroxyl groups excluding tert-OH is 1. The molecule has 1 fully saturated rings. The number of hydrogen-bond donors (Lipinski definition) is 2. The summed E-state index contributed by atoms with van der Waals surface area (Å²) in [5.74, 6) is -0.245. The van der Waals surface area contributed by atoms with E-state index in [0.717, 1.165) is 12.0 Å². The molecule has 0 saturated heterocycles. The lowest BCUT2D eigenvalue weighted by atomic mass is 9.64. The second kappa shape index (κ2) is 4.91. The molecule has 2 N–H and O–H groups in total. The van der Waals surface area contributed by atoms with Crippen molar-refractivity contribution in [3.63, 3.8) is 0 Å². The largest absolute Gasteiger partial charge is 0.392 e. The third-order valence-electron chi connectivity index (χ3n) is 4.11. The Balaban J connectivity index is 2.04. The van der Waals surface area contributed by atoms with Crippen molar-refractivity contribution in [2.24, 2.45) is 5.41 Å². The summed E-state index contributed by atoms with van der Waals surface area (Å²) < 4.78 is 13.7. The molecule has 4 heteroatoms. The molecule has 100 valence electrons. The van der Waals surface area contributed by atoms with Crippen LogP contribution in [0.1, 0.15) is 38.8 Å². The summed E-state index contributed by atoms with van der Waals surface area (Å²) in [4.78, 5) is 0. The van der Waals surface area contributed by atoms with Gasteiger partial charge in [-0.3, -0.25) is 0 Å². The molecule has 2 nitrogen and oxygen atoms in total. The van der Waals surface area contributed by atoms with Gasteiger partial charge in [-0.15, -0.1) is 0 Å². The summed E-state index contributed by atoms with van der Waals surface area (Å²) >= 11 is 3.20. The van der Waals surface area contributed by atoms with Crippen molar-refractivity contribution >= 4 is 15.9 Å². The molecule has 1 aliphatic carbocycles. The molecule has 1 aromatic rings. The summed E-state index contributed by atoms with van der Waals surface area (Å²) in [5.41, 5.74) is 0.950. The van der Waals surface area contributed by atoms with Crippen LogP contribution in [0.25, 0.3) is 0 Å². The Bertz CT molecular complexity index is 449. The first-order valence-corrected chi connectivity index (χ1v) is 7.00. The van der Waals surface area contributed by atoms with E-state index in [1.165, 1.54) is 6.07 Å². The number of rotatable bonds is 3. The summed E-state index contributed by atoms with van der Waals surface area (Å²) in [6.45, 7) is 6.18. The Labute approximate surface area is 116 Å². The van der Waals surface area contributed by atoms with Crippen molar-refractivity contribution in [1.29, 1.82) is 0 Å². The van der Waals surface area contributed by atoms with Crippen LogP contribution >= 0.6 is 15.9 Å². The van der Waals surface area contributed by atoms with Crippen molar-refractivity contribution < 1.29 is 9.50 Å². The predicted molar refractivity (Wildman–Crippen MR) is 73.8 cm³/mol. The average molecular weight is 316 g/mol. The molecule has 18 heavy (non-hydrogen) atoms. The number of aliphatic hydroxyl groups is 1. The van der Waals surface area contributed by atoms with Gasteiger partial charge in [-0.05, 0) is 47.0 Å². The van der Waals surface area contributed by atoms with Crippen LogP contribution in [0.4, 0.5) is 4.39 Å². The van der Waals surface area contributed by atoms with Crippen molar-refractivity contribution in [3.05, 3.63) is 34.1 Å². The van der Waals surface area contributed by atoms with Crippen molar-refractivity contribution in [1.82, 2.24) is 5.32 Å². The summed E-state index contributed by atoms with van der Waals surface area (Å²) in [6.07, 6.45) is 0.543. The molecule has 1 saturated carbocycles. The molecule has 0 radical (unpaired) electrons. The van der Waals surface area contributed by atoms with Crippen LogP contribution in [0.3, 0.4) is 0 Å². The van der Waals surface area contributed by atoms with Gasteiger partial charge in [0.25, 0.3) is 0 Å². The van der Waals surface area contributed by atoms with Gasteiger partial charge in [0.1, 0.15) is 5.82 Å². The zero-order valence-corrected chi connectivity index (χ0v) is 12.5. The molecule has 1 aromatic carbocycles. The molecule has 0 heterocycles. The number of hydrogen-bond acceptors (Lipinski definition) is 2. The Morgan fingerprint density at radius 2 is 2.17 bits per heavy atom.